The van der Waals surface area contributed by atoms with Gasteiger partial charge in [0.2, 0.25) is 0 Å². The molecule has 6 heteroatoms. The van der Waals surface area contributed by atoms with Gasteiger partial charge in [0.25, 0.3) is 5.56 Å². The maximum absolute atomic E-state index is 14.2. The average molecular weight is 320 g/mol. The topological polar surface area (TPSA) is 72.2 Å². The van der Waals surface area contributed by atoms with E-state index < -0.39 is 23.9 Å². The van der Waals surface area contributed by atoms with E-state index in [4.69, 9.17) is 0 Å². The second-order valence-electron chi connectivity index (χ2n) is 6.41. The summed E-state index contributed by atoms with van der Waals surface area (Å²) in [6, 6.07) is 3.73. The number of aromatic nitrogens is 2. The average Bonchev–Trinajstić information content (AvgIpc) is 2.48. The number of hydrogen-bond donors (Lipinski definition) is 1. The fraction of sp³-hybridized carbons (Fsp3) is 0.471. The number of fused-ring (bicyclic) bond motifs is 1. The van der Waals surface area contributed by atoms with Gasteiger partial charge in [0.05, 0.1) is 17.7 Å². The quantitative estimate of drug-likeness (QED) is 0.859. The third-order valence-corrected chi connectivity index (χ3v) is 3.84. The normalized spacial score (nSPS) is 13.5. The molecule has 0 aliphatic carbocycles. The second kappa shape index (κ2) is 6.20. The van der Waals surface area contributed by atoms with Gasteiger partial charge in [-0.1, -0.05) is 19.9 Å². The van der Waals surface area contributed by atoms with Crippen LogP contribution in [0.2, 0.25) is 0 Å². The first-order valence-electron chi connectivity index (χ1n) is 7.52. The third kappa shape index (κ3) is 3.17. The van der Waals surface area contributed by atoms with Gasteiger partial charge in [-0.05, 0) is 37.5 Å². The first-order chi connectivity index (χ1) is 10.7. The molecular formula is C17H21FN2O3. The van der Waals surface area contributed by atoms with Crippen LogP contribution in [0, 0.1) is 0 Å². The largest absolute Gasteiger partial charge is 0.394 e. The summed E-state index contributed by atoms with van der Waals surface area (Å²) < 4.78 is 15.2. The molecule has 0 amide bonds. The maximum Gasteiger partial charge on any atom is 0.275 e. The van der Waals surface area contributed by atoms with Crippen LogP contribution in [0.15, 0.2) is 23.0 Å². The lowest BCUT2D eigenvalue weighted by atomic mass is 9.95. The Bertz CT molecular complexity index is 791. The van der Waals surface area contributed by atoms with E-state index in [0.29, 0.717) is 28.3 Å². The summed E-state index contributed by atoms with van der Waals surface area (Å²) >= 11 is 0. The van der Waals surface area contributed by atoms with E-state index >= 15 is 0 Å². The lowest BCUT2D eigenvalue weighted by Crippen LogP contribution is -2.31. The Morgan fingerprint density at radius 1 is 1.35 bits per heavy atom. The van der Waals surface area contributed by atoms with Gasteiger partial charge in [0.1, 0.15) is 18.0 Å². The van der Waals surface area contributed by atoms with Crippen molar-refractivity contribution in [1.82, 2.24) is 9.78 Å². The van der Waals surface area contributed by atoms with E-state index in [1.54, 1.807) is 18.2 Å². The molecule has 0 spiro atoms. The lowest BCUT2D eigenvalue weighted by molar-refractivity contribution is -0.111. The van der Waals surface area contributed by atoms with Crippen molar-refractivity contribution in [3.63, 3.8) is 0 Å². The van der Waals surface area contributed by atoms with Crippen LogP contribution in [-0.4, -0.2) is 27.8 Å². The Balaban J connectivity index is 2.86. The van der Waals surface area contributed by atoms with Gasteiger partial charge in [-0.2, -0.15) is 5.10 Å². The van der Waals surface area contributed by atoms with E-state index in [0.717, 1.165) is 4.68 Å². The lowest BCUT2D eigenvalue weighted by Gasteiger charge is -2.19. The highest BCUT2D eigenvalue weighted by molar-refractivity contribution is 5.85. The number of benzene rings is 1. The molecule has 5 nitrogen and oxygen atoms in total. The van der Waals surface area contributed by atoms with Gasteiger partial charge < -0.3 is 9.90 Å². The molecule has 1 atom stereocenters. The molecule has 0 fully saturated rings. The highest BCUT2D eigenvalue weighted by Gasteiger charge is 2.23. The van der Waals surface area contributed by atoms with Gasteiger partial charge in [0.15, 0.2) is 0 Å². The summed E-state index contributed by atoms with van der Waals surface area (Å²) in [5.74, 6) is -0.0340. The van der Waals surface area contributed by atoms with Crippen LogP contribution in [0.5, 0.6) is 0 Å². The summed E-state index contributed by atoms with van der Waals surface area (Å²) in [6.45, 7) is 6.20. The molecule has 0 bridgehead atoms. The highest BCUT2D eigenvalue weighted by Crippen LogP contribution is 2.29. The van der Waals surface area contributed by atoms with Crippen LogP contribution < -0.4 is 5.56 Å². The predicted octanol–water partition coefficient (Wildman–Crippen LogP) is 2.46. The first-order valence-corrected chi connectivity index (χ1v) is 7.52. The van der Waals surface area contributed by atoms with Gasteiger partial charge in [0, 0.05) is 5.39 Å². The Morgan fingerprint density at radius 3 is 2.48 bits per heavy atom. The number of rotatable bonds is 5. The Kier molecular flexibility index (Phi) is 4.66. The molecule has 0 radical (unpaired) electrons. The molecule has 1 unspecified atom stereocenters. The number of alkyl halides is 1. The Hall–Kier alpha value is -2.08. The van der Waals surface area contributed by atoms with Crippen molar-refractivity contribution < 1.29 is 14.3 Å². The molecular weight excluding hydrogens is 299 g/mol. The molecule has 0 saturated heterocycles. The van der Waals surface area contributed by atoms with Crippen LogP contribution in [0.4, 0.5) is 4.39 Å². The number of aliphatic hydroxyl groups excluding tert-OH is 1. The summed E-state index contributed by atoms with van der Waals surface area (Å²) in [5, 5.41) is 14.5. The molecule has 1 N–H and O–H groups in total. The van der Waals surface area contributed by atoms with Crippen molar-refractivity contribution in [2.24, 2.45) is 0 Å². The number of carbonyl (C=O) groups excluding carboxylic acids is 1. The van der Waals surface area contributed by atoms with E-state index in [1.165, 1.54) is 13.8 Å². The van der Waals surface area contributed by atoms with Gasteiger partial charge in [-0.15, -0.1) is 0 Å². The van der Waals surface area contributed by atoms with E-state index in [9.17, 15) is 19.1 Å². The fourth-order valence-electron chi connectivity index (χ4n) is 2.48. The van der Waals surface area contributed by atoms with Crippen LogP contribution in [0.25, 0.3) is 10.8 Å². The number of carbonyl (C=O) groups is 1. The number of halogens is 1. The maximum atomic E-state index is 14.2. The fourth-order valence-corrected chi connectivity index (χ4v) is 2.48. The number of hydrogen-bond acceptors (Lipinski definition) is 4. The Labute approximate surface area is 133 Å². The van der Waals surface area contributed by atoms with Gasteiger partial charge in [-0.25, -0.2) is 9.07 Å². The van der Waals surface area contributed by atoms with Gasteiger partial charge in [-0.3, -0.25) is 4.79 Å². The third-order valence-electron chi connectivity index (χ3n) is 3.84. The minimum absolute atomic E-state index is 0.0340. The predicted molar refractivity (Wildman–Crippen MR) is 86.4 cm³/mol. The van der Waals surface area contributed by atoms with Crippen molar-refractivity contribution in [3.05, 3.63) is 39.8 Å². The molecule has 23 heavy (non-hydrogen) atoms. The van der Waals surface area contributed by atoms with Crippen LogP contribution in [-0.2, 0) is 10.5 Å². The Morgan fingerprint density at radius 2 is 2.00 bits per heavy atom. The smallest absolute Gasteiger partial charge is 0.275 e. The zero-order valence-corrected chi connectivity index (χ0v) is 13.7. The van der Waals surface area contributed by atoms with E-state index in [1.807, 2.05) is 13.8 Å². The molecule has 0 saturated carbocycles. The molecule has 0 aliphatic heterocycles. The number of aldehydes is 1. The highest BCUT2D eigenvalue weighted by atomic mass is 19.1. The van der Waals surface area contributed by atoms with Gasteiger partial charge >= 0.3 is 0 Å². The summed E-state index contributed by atoms with van der Waals surface area (Å²) in [4.78, 5) is 23.6. The molecule has 124 valence electrons. The van der Waals surface area contributed by atoms with Crippen LogP contribution in [0.3, 0.4) is 0 Å². The molecule has 0 aliphatic rings. The first kappa shape index (κ1) is 17.3. The second-order valence-corrected chi connectivity index (χ2v) is 6.41. The minimum Gasteiger partial charge on any atom is -0.394 e. The van der Waals surface area contributed by atoms with Crippen molar-refractivity contribution >= 4 is 17.1 Å². The van der Waals surface area contributed by atoms with E-state index in [-0.39, 0.29) is 5.92 Å². The minimum atomic E-state index is -1.53. The SMILES string of the molecule is CC(C)c1nn(C(C=O)CO)c(=O)c2ccc(C(C)(C)F)cc12. The zero-order chi connectivity index (χ0) is 17.4. The summed E-state index contributed by atoms with van der Waals surface area (Å²) in [6.07, 6.45) is 0.489. The summed E-state index contributed by atoms with van der Waals surface area (Å²) in [7, 11) is 0. The van der Waals surface area contributed by atoms with Crippen molar-refractivity contribution in [2.45, 2.75) is 45.3 Å². The van der Waals surface area contributed by atoms with Crippen LogP contribution in [0.1, 0.15) is 50.9 Å². The standard InChI is InChI=1S/C17H21FN2O3/c1-10(2)15-14-7-11(17(3,4)18)5-6-13(14)16(23)20(19-15)12(8-21)9-22/h5-8,10,12,22H,9H2,1-4H3. The molecule has 1 aromatic carbocycles. The van der Waals surface area contributed by atoms with Crippen molar-refractivity contribution in [3.8, 4) is 0 Å². The number of nitrogens with zero attached hydrogens (tertiary/aromatic N) is 2. The molecule has 1 heterocycles. The van der Waals surface area contributed by atoms with Crippen LogP contribution >= 0.6 is 0 Å². The van der Waals surface area contributed by atoms with E-state index in [2.05, 4.69) is 5.10 Å². The monoisotopic (exact) mass is 320 g/mol. The van der Waals surface area contributed by atoms with Crippen molar-refractivity contribution in [1.29, 1.82) is 0 Å². The number of aliphatic hydroxyl groups is 1. The molecule has 2 rings (SSSR count). The summed E-state index contributed by atoms with van der Waals surface area (Å²) in [5.41, 5.74) is -0.960. The molecule has 1 aromatic heterocycles. The zero-order valence-electron chi connectivity index (χ0n) is 13.7. The van der Waals surface area contributed by atoms with Crippen molar-refractivity contribution in [2.75, 3.05) is 6.61 Å². The molecule has 2 aromatic rings.